The Bertz CT molecular complexity index is 1460. The van der Waals surface area contributed by atoms with Gasteiger partial charge in [-0.2, -0.15) is 13.2 Å². The molecule has 6 nitrogen and oxygen atoms in total. The normalized spacial score (nSPS) is 17.2. The fourth-order valence-electron chi connectivity index (χ4n) is 4.34. The number of halogens is 3. The molecule has 0 radical (unpaired) electrons. The van der Waals surface area contributed by atoms with E-state index < -0.39 is 33.8 Å². The number of sulfonamides is 1. The first-order valence-corrected chi connectivity index (χ1v) is 12.3. The summed E-state index contributed by atoms with van der Waals surface area (Å²) in [4.78, 5) is -0.158. The van der Waals surface area contributed by atoms with Gasteiger partial charge in [-0.05, 0) is 35.9 Å². The van der Waals surface area contributed by atoms with Gasteiger partial charge in [0.2, 0.25) is 10.0 Å². The third kappa shape index (κ3) is 4.59. The van der Waals surface area contributed by atoms with Crippen LogP contribution in [-0.4, -0.2) is 21.1 Å². The van der Waals surface area contributed by atoms with Gasteiger partial charge < -0.3 is 13.9 Å². The maximum atomic E-state index is 14.0. The standard InChI is InChI=1S/C25H20F3NO5S/c26-25(27,28)18-7-3-2-6-17(18)24(23-13-15-5-1-4-8-19(15)33-23)21-11-12-32-22-14-16(35(29,30)31)9-10-20(22)34-21/h1-10,13-14,21,24H,11-12H2,(H2,29,30,31)/t21?,24-/m1/s1. The van der Waals surface area contributed by atoms with Crippen LogP contribution < -0.4 is 14.6 Å². The van der Waals surface area contributed by atoms with E-state index in [1.165, 1.54) is 30.3 Å². The van der Waals surface area contributed by atoms with E-state index >= 15 is 0 Å². The molecule has 0 bridgehead atoms. The van der Waals surface area contributed by atoms with Crippen molar-refractivity contribution in [1.29, 1.82) is 0 Å². The summed E-state index contributed by atoms with van der Waals surface area (Å²) in [5.74, 6) is -0.262. The lowest BCUT2D eigenvalue weighted by Gasteiger charge is -2.27. The lowest BCUT2D eigenvalue weighted by molar-refractivity contribution is -0.138. The lowest BCUT2D eigenvalue weighted by Crippen LogP contribution is -2.28. The summed E-state index contributed by atoms with van der Waals surface area (Å²) in [6.07, 6.45) is -5.18. The Morgan fingerprint density at radius 2 is 1.69 bits per heavy atom. The largest absolute Gasteiger partial charge is 0.490 e. The summed E-state index contributed by atoms with van der Waals surface area (Å²) >= 11 is 0. The number of primary sulfonamides is 1. The number of nitrogens with two attached hydrogens (primary N) is 1. The van der Waals surface area contributed by atoms with Crippen molar-refractivity contribution < 1.29 is 35.5 Å². The highest BCUT2D eigenvalue weighted by Crippen LogP contribution is 2.44. The van der Waals surface area contributed by atoms with Crippen LogP contribution in [0.2, 0.25) is 0 Å². The van der Waals surface area contributed by atoms with Crippen LogP contribution in [0.4, 0.5) is 13.2 Å². The third-order valence-corrected chi connectivity index (χ3v) is 6.82. The molecule has 0 saturated carbocycles. The molecule has 0 fully saturated rings. The maximum Gasteiger partial charge on any atom is 0.416 e. The van der Waals surface area contributed by atoms with Gasteiger partial charge in [0.05, 0.1) is 23.0 Å². The van der Waals surface area contributed by atoms with Gasteiger partial charge >= 0.3 is 6.18 Å². The van der Waals surface area contributed by atoms with Crippen LogP contribution in [0.3, 0.4) is 0 Å². The monoisotopic (exact) mass is 503 g/mol. The first-order valence-electron chi connectivity index (χ1n) is 10.7. The molecule has 0 amide bonds. The zero-order chi connectivity index (χ0) is 24.8. The van der Waals surface area contributed by atoms with Crippen LogP contribution in [0, 0.1) is 0 Å². The van der Waals surface area contributed by atoms with Gasteiger partial charge in [0.25, 0.3) is 0 Å². The van der Waals surface area contributed by atoms with Crippen molar-refractivity contribution in [3.63, 3.8) is 0 Å². The van der Waals surface area contributed by atoms with Gasteiger partial charge in [-0.3, -0.25) is 0 Å². The smallest absolute Gasteiger partial charge is 0.416 e. The molecule has 1 aliphatic rings. The van der Waals surface area contributed by atoms with Crippen LogP contribution in [0.25, 0.3) is 11.0 Å². The van der Waals surface area contributed by atoms with Crippen molar-refractivity contribution >= 4 is 21.0 Å². The van der Waals surface area contributed by atoms with Gasteiger partial charge in [0.1, 0.15) is 17.4 Å². The minimum absolute atomic E-state index is 0.00802. The molecule has 182 valence electrons. The number of hydrogen-bond acceptors (Lipinski definition) is 5. The molecule has 4 aromatic rings. The molecule has 2 atom stereocenters. The second-order valence-corrected chi connectivity index (χ2v) is 9.76. The van der Waals surface area contributed by atoms with E-state index in [9.17, 15) is 21.6 Å². The molecule has 1 aromatic heterocycles. The van der Waals surface area contributed by atoms with E-state index in [1.54, 1.807) is 24.3 Å². The van der Waals surface area contributed by atoms with E-state index in [4.69, 9.17) is 19.0 Å². The highest BCUT2D eigenvalue weighted by Gasteiger charge is 2.40. The maximum absolute atomic E-state index is 14.0. The van der Waals surface area contributed by atoms with Crippen molar-refractivity contribution in [2.75, 3.05) is 6.61 Å². The molecule has 10 heteroatoms. The summed E-state index contributed by atoms with van der Waals surface area (Å²) < 4.78 is 83.4. The Kier molecular flexibility index (Phi) is 5.72. The average molecular weight is 503 g/mol. The molecular weight excluding hydrogens is 483 g/mol. The topological polar surface area (TPSA) is 91.8 Å². The van der Waals surface area contributed by atoms with Crippen molar-refractivity contribution in [1.82, 2.24) is 0 Å². The summed E-state index contributed by atoms with van der Waals surface area (Å²) in [5.41, 5.74) is -0.238. The Morgan fingerprint density at radius 1 is 0.943 bits per heavy atom. The minimum atomic E-state index is -4.59. The molecule has 5 rings (SSSR count). The van der Waals surface area contributed by atoms with Gasteiger partial charge in [-0.15, -0.1) is 0 Å². The zero-order valence-electron chi connectivity index (χ0n) is 18.2. The van der Waals surface area contributed by atoms with Crippen LogP contribution in [0.1, 0.15) is 29.2 Å². The highest BCUT2D eigenvalue weighted by atomic mass is 32.2. The third-order valence-electron chi connectivity index (χ3n) is 5.91. The predicted octanol–water partition coefficient (Wildman–Crippen LogP) is 5.46. The number of furan rings is 1. The summed E-state index contributed by atoms with van der Waals surface area (Å²) in [6.45, 7) is 0.0800. The molecule has 0 aliphatic carbocycles. The number of hydrogen-bond donors (Lipinski definition) is 1. The van der Waals surface area contributed by atoms with Crippen LogP contribution >= 0.6 is 0 Å². The fraction of sp³-hybridized carbons (Fsp3) is 0.200. The Labute approximate surface area is 199 Å². The average Bonchev–Trinajstić information content (AvgIpc) is 3.11. The Hall–Kier alpha value is -3.50. The summed E-state index contributed by atoms with van der Waals surface area (Å²) in [7, 11) is -3.98. The molecule has 0 saturated heterocycles. The Balaban J connectivity index is 1.64. The molecule has 2 N–H and O–H groups in total. The number of fused-ring (bicyclic) bond motifs is 2. The number of ether oxygens (including phenoxy) is 2. The predicted molar refractivity (Wildman–Crippen MR) is 122 cm³/mol. The van der Waals surface area contributed by atoms with Gasteiger partial charge in [-0.1, -0.05) is 36.4 Å². The quantitative estimate of drug-likeness (QED) is 0.399. The molecule has 1 aliphatic heterocycles. The van der Waals surface area contributed by atoms with Crippen molar-refractivity contribution in [2.24, 2.45) is 5.14 Å². The first-order chi connectivity index (χ1) is 16.6. The van der Waals surface area contributed by atoms with E-state index in [-0.39, 0.29) is 35.0 Å². The van der Waals surface area contributed by atoms with Crippen molar-refractivity contribution in [2.45, 2.75) is 29.5 Å². The minimum Gasteiger partial charge on any atom is -0.490 e. The summed E-state index contributed by atoms with van der Waals surface area (Å²) in [5, 5.41) is 5.96. The fourth-order valence-corrected chi connectivity index (χ4v) is 4.87. The zero-order valence-corrected chi connectivity index (χ0v) is 19.0. The second-order valence-electron chi connectivity index (χ2n) is 8.20. The first kappa shape index (κ1) is 23.3. The number of para-hydroxylation sites is 1. The van der Waals surface area contributed by atoms with E-state index in [1.807, 2.05) is 12.1 Å². The lowest BCUT2D eigenvalue weighted by atomic mass is 9.86. The van der Waals surface area contributed by atoms with E-state index in [0.29, 0.717) is 11.3 Å². The van der Waals surface area contributed by atoms with Gasteiger partial charge in [-0.25, -0.2) is 13.6 Å². The van der Waals surface area contributed by atoms with Gasteiger partial charge in [0.15, 0.2) is 11.5 Å². The van der Waals surface area contributed by atoms with Crippen LogP contribution in [0.15, 0.2) is 82.1 Å². The second kappa shape index (κ2) is 8.62. The molecule has 3 aromatic carbocycles. The van der Waals surface area contributed by atoms with Crippen molar-refractivity contribution in [3.05, 3.63) is 89.7 Å². The number of alkyl halides is 3. The number of rotatable bonds is 4. The van der Waals surface area contributed by atoms with Crippen LogP contribution in [0.5, 0.6) is 11.5 Å². The van der Waals surface area contributed by atoms with Gasteiger partial charge in [0, 0.05) is 17.9 Å². The van der Waals surface area contributed by atoms with Crippen molar-refractivity contribution in [3.8, 4) is 11.5 Å². The van der Waals surface area contributed by atoms with Crippen LogP contribution in [-0.2, 0) is 16.2 Å². The van der Waals surface area contributed by atoms with E-state index in [0.717, 1.165) is 11.5 Å². The Morgan fingerprint density at radius 3 is 2.43 bits per heavy atom. The molecule has 2 heterocycles. The summed E-state index contributed by atoms with van der Waals surface area (Å²) in [6, 6.07) is 18.1. The number of benzene rings is 3. The molecule has 1 unspecified atom stereocenters. The highest BCUT2D eigenvalue weighted by molar-refractivity contribution is 7.89. The SMILES string of the molecule is NS(=O)(=O)c1ccc2c(c1)OCCC([C@H](c1cc3ccccc3o1)c1ccccc1C(F)(F)F)O2. The molecular formula is C25H20F3NO5S. The molecule has 0 spiro atoms. The van der Waals surface area contributed by atoms with E-state index in [2.05, 4.69) is 0 Å². The molecule has 35 heavy (non-hydrogen) atoms.